The summed E-state index contributed by atoms with van der Waals surface area (Å²) in [5, 5.41) is 13.6. The molecule has 1 aliphatic rings. The average molecular weight is 258 g/mol. The minimum Gasteiger partial charge on any atom is -0.481 e. The van der Waals surface area contributed by atoms with Crippen molar-refractivity contribution in [2.24, 2.45) is 0 Å². The highest BCUT2D eigenvalue weighted by molar-refractivity contribution is 5.91. The molecule has 0 bridgehead atoms. The Morgan fingerprint density at radius 2 is 2.32 bits per heavy atom. The van der Waals surface area contributed by atoms with Gasteiger partial charge < -0.3 is 15.0 Å². The van der Waals surface area contributed by atoms with Gasteiger partial charge in [-0.25, -0.2) is 0 Å². The van der Waals surface area contributed by atoms with Crippen LogP contribution in [0.5, 0.6) is 0 Å². The summed E-state index contributed by atoms with van der Waals surface area (Å²) in [5.74, 6) is -0.761. The van der Waals surface area contributed by atoms with E-state index in [-0.39, 0.29) is 6.42 Å². The van der Waals surface area contributed by atoms with Crippen LogP contribution in [0.15, 0.2) is 18.2 Å². The quantitative estimate of drug-likeness (QED) is 0.884. The van der Waals surface area contributed by atoms with E-state index in [1.807, 2.05) is 6.07 Å². The molecule has 1 aromatic carbocycles. The van der Waals surface area contributed by atoms with E-state index < -0.39 is 5.97 Å². The van der Waals surface area contributed by atoms with Crippen molar-refractivity contribution in [1.82, 2.24) is 9.88 Å². The molecule has 0 saturated carbocycles. The predicted octanol–water partition coefficient (Wildman–Crippen LogP) is 1.93. The third-order valence-corrected chi connectivity index (χ3v) is 3.90. The Labute approximate surface area is 112 Å². The number of benzene rings is 1. The van der Waals surface area contributed by atoms with Gasteiger partial charge >= 0.3 is 5.97 Å². The highest BCUT2D eigenvalue weighted by atomic mass is 16.4. The highest BCUT2D eigenvalue weighted by Gasteiger charge is 2.22. The van der Waals surface area contributed by atoms with E-state index in [0.717, 1.165) is 42.7 Å². The van der Waals surface area contributed by atoms with Crippen molar-refractivity contribution in [3.8, 4) is 0 Å². The third-order valence-electron chi connectivity index (χ3n) is 3.90. The number of para-hydroxylation sites is 1. The highest BCUT2D eigenvalue weighted by Crippen LogP contribution is 2.31. The fraction of sp³-hybridized carbons (Fsp3) is 0.400. The number of aliphatic carboxylic acids is 1. The second kappa shape index (κ2) is 4.70. The SMILES string of the molecule is CCc1cccc2c(CC(=O)O)c3n(c12)CCNC3. The van der Waals surface area contributed by atoms with Gasteiger partial charge in [0.1, 0.15) is 0 Å². The van der Waals surface area contributed by atoms with Crippen LogP contribution in [-0.2, 0) is 30.7 Å². The summed E-state index contributed by atoms with van der Waals surface area (Å²) in [5.41, 5.74) is 4.66. The Balaban J connectivity index is 2.32. The van der Waals surface area contributed by atoms with Crippen LogP contribution in [0, 0.1) is 0 Å². The van der Waals surface area contributed by atoms with E-state index in [1.54, 1.807) is 0 Å². The van der Waals surface area contributed by atoms with Crippen LogP contribution < -0.4 is 5.32 Å². The smallest absolute Gasteiger partial charge is 0.307 e. The van der Waals surface area contributed by atoms with Crippen LogP contribution in [0.3, 0.4) is 0 Å². The van der Waals surface area contributed by atoms with Crippen LogP contribution in [0.2, 0.25) is 0 Å². The fourth-order valence-corrected chi connectivity index (χ4v) is 3.09. The van der Waals surface area contributed by atoms with Crippen molar-refractivity contribution in [2.45, 2.75) is 32.9 Å². The number of rotatable bonds is 3. The molecular formula is C15H18N2O2. The molecule has 0 amide bonds. The Morgan fingerprint density at radius 3 is 3.05 bits per heavy atom. The first-order valence-electron chi connectivity index (χ1n) is 6.76. The molecule has 19 heavy (non-hydrogen) atoms. The van der Waals surface area contributed by atoms with Crippen molar-refractivity contribution in [1.29, 1.82) is 0 Å². The number of carboxylic acid groups (broad SMARTS) is 1. The zero-order valence-corrected chi connectivity index (χ0v) is 11.1. The van der Waals surface area contributed by atoms with Crippen molar-refractivity contribution in [3.63, 3.8) is 0 Å². The summed E-state index contributed by atoms with van der Waals surface area (Å²) in [7, 11) is 0. The molecule has 2 heterocycles. The van der Waals surface area contributed by atoms with E-state index in [0.29, 0.717) is 0 Å². The minimum atomic E-state index is -0.761. The molecule has 0 spiro atoms. The maximum absolute atomic E-state index is 11.1. The number of nitrogens with zero attached hydrogens (tertiary/aromatic N) is 1. The Morgan fingerprint density at radius 1 is 1.47 bits per heavy atom. The lowest BCUT2D eigenvalue weighted by molar-refractivity contribution is -0.136. The third kappa shape index (κ3) is 1.92. The van der Waals surface area contributed by atoms with E-state index in [1.165, 1.54) is 11.1 Å². The zero-order chi connectivity index (χ0) is 13.4. The van der Waals surface area contributed by atoms with Crippen LogP contribution in [0.25, 0.3) is 10.9 Å². The maximum Gasteiger partial charge on any atom is 0.307 e. The summed E-state index contributed by atoms with van der Waals surface area (Å²) in [6.45, 7) is 4.77. The molecular weight excluding hydrogens is 240 g/mol. The Kier molecular flexibility index (Phi) is 3.03. The number of carbonyl (C=O) groups is 1. The van der Waals surface area contributed by atoms with E-state index in [9.17, 15) is 4.79 Å². The molecule has 0 radical (unpaired) electrons. The van der Waals surface area contributed by atoms with Gasteiger partial charge in [0, 0.05) is 30.7 Å². The van der Waals surface area contributed by atoms with Gasteiger partial charge in [-0.05, 0) is 17.5 Å². The lowest BCUT2D eigenvalue weighted by Gasteiger charge is -2.19. The number of hydrogen-bond acceptors (Lipinski definition) is 2. The normalized spacial score (nSPS) is 14.6. The second-order valence-electron chi connectivity index (χ2n) is 4.99. The first kappa shape index (κ1) is 12.2. The van der Waals surface area contributed by atoms with Gasteiger partial charge in [-0.2, -0.15) is 0 Å². The molecule has 2 aromatic rings. The van der Waals surface area contributed by atoms with Crippen molar-refractivity contribution in [2.75, 3.05) is 6.54 Å². The van der Waals surface area contributed by atoms with E-state index in [4.69, 9.17) is 5.11 Å². The Hall–Kier alpha value is -1.81. The summed E-state index contributed by atoms with van der Waals surface area (Å²) in [6.07, 6.45) is 1.08. The number of aryl methyl sites for hydroxylation is 1. The van der Waals surface area contributed by atoms with Crippen LogP contribution in [0.4, 0.5) is 0 Å². The van der Waals surface area contributed by atoms with Crippen LogP contribution in [-0.4, -0.2) is 22.2 Å². The average Bonchev–Trinajstić information content (AvgIpc) is 2.73. The van der Waals surface area contributed by atoms with Gasteiger partial charge in [0.05, 0.1) is 11.9 Å². The van der Waals surface area contributed by atoms with E-state index in [2.05, 4.69) is 28.9 Å². The summed E-state index contributed by atoms with van der Waals surface area (Å²) >= 11 is 0. The molecule has 0 atom stereocenters. The number of carboxylic acids is 1. The number of nitrogens with one attached hydrogen (secondary N) is 1. The maximum atomic E-state index is 11.1. The molecule has 0 unspecified atom stereocenters. The number of aromatic nitrogens is 1. The monoisotopic (exact) mass is 258 g/mol. The van der Waals surface area contributed by atoms with Crippen molar-refractivity contribution in [3.05, 3.63) is 35.0 Å². The first-order valence-corrected chi connectivity index (χ1v) is 6.76. The summed E-state index contributed by atoms with van der Waals surface area (Å²) < 4.78 is 2.31. The molecule has 4 heteroatoms. The zero-order valence-electron chi connectivity index (χ0n) is 11.1. The minimum absolute atomic E-state index is 0.105. The molecule has 1 aromatic heterocycles. The summed E-state index contributed by atoms with van der Waals surface area (Å²) in [4.78, 5) is 11.1. The van der Waals surface area contributed by atoms with Gasteiger partial charge in [-0.3, -0.25) is 4.79 Å². The molecule has 0 fully saturated rings. The van der Waals surface area contributed by atoms with Gasteiger partial charge in [-0.1, -0.05) is 25.1 Å². The first-order chi connectivity index (χ1) is 9.22. The number of hydrogen-bond donors (Lipinski definition) is 2. The van der Waals surface area contributed by atoms with Crippen LogP contribution >= 0.6 is 0 Å². The van der Waals surface area contributed by atoms with Gasteiger partial charge in [0.15, 0.2) is 0 Å². The molecule has 3 rings (SSSR count). The lowest BCUT2D eigenvalue weighted by atomic mass is 10.0. The molecule has 1 aliphatic heterocycles. The molecule has 2 N–H and O–H groups in total. The van der Waals surface area contributed by atoms with Gasteiger partial charge in [-0.15, -0.1) is 0 Å². The standard InChI is InChI=1S/C15H18N2O2/c1-2-10-4-3-5-11-12(8-14(18)19)13-9-16-6-7-17(13)15(10)11/h3-5,16H,2,6-9H2,1H3,(H,18,19). The van der Waals surface area contributed by atoms with Gasteiger partial charge in [0.25, 0.3) is 0 Å². The van der Waals surface area contributed by atoms with Crippen molar-refractivity contribution >= 4 is 16.9 Å². The van der Waals surface area contributed by atoms with E-state index >= 15 is 0 Å². The molecule has 100 valence electrons. The fourth-order valence-electron chi connectivity index (χ4n) is 3.09. The predicted molar refractivity (Wildman–Crippen MR) is 74.4 cm³/mol. The van der Waals surface area contributed by atoms with Crippen molar-refractivity contribution < 1.29 is 9.90 Å². The topological polar surface area (TPSA) is 54.3 Å². The summed E-state index contributed by atoms with van der Waals surface area (Å²) in [6, 6.07) is 6.23. The Bertz CT molecular complexity index is 643. The second-order valence-corrected chi connectivity index (χ2v) is 4.99. The number of fused-ring (bicyclic) bond motifs is 3. The molecule has 0 saturated heterocycles. The van der Waals surface area contributed by atoms with Crippen LogP contribution in [0.1, 0.15) is 23.7 Å². The largest absolute Gasteiger partial charge is 0.481 e. The lowest BCUT2D eigenvalue weighted by Crippen LogP contribution is -2.28. The molecule has 0 aliphatic carbocycles. The molecule has 4 nitrogen and oxygen atoms in total. The van der Waals surface area contributed by atoms with Gasteiger partial charge in [0.2, 0.25) is 0 Å².